The Bertz CT molecular complexity index is 1990. The zero-order chi connectivity index (χ0) is 22.9. The van der Waals surface area contributed by atoms with Crippen molar-refractivity contribution in [1.29, 1.82) is 0 Å². The van der Waals surface area contributed by atoms with Crippen LogP contribution in [0, 0.1) is 0 Å². The van der Waals surface area contributed by atoms with Crippen LogP contribution in [0.1, 0.15) is 0 Å². The van der Waals surface area contributed by atoms with Gasteiger partial charge in [0.25, 0.3) is 0 Å². The Hall–Kier alpha value is -4.62. The van der Waals surface area contributed by atoms with Gasteiger partial charge in [-0.2, -0.15) is 0 Å². The van der Waals surface area contributed by atoms with Crippen molar-refractivity contribution in [1.82, 2.24) is 0 Å². The highest BCUT2D eigenvalue weighted by molar-refractivity contribution is 6.28. The maximum Gasteiger partial charge on any atom is 0.143 e. The first-order valence-electron chi connectivity index (χ1n) is 12.0. The van der Waals surface area contributed by atoms with Crippen molar-refractivity contribution in [2.45, 2.75) is 0 Å². The van der Waals surface area contributed by atoms with Crippen molar-refractivity contribution >= 4 is 54.3 Å². The van der Waals surface area contributed by atoms with Crippen molar-refractivity contribution in [3.63, 3.8) is 0 Å². The third-order valence-electron chi connectivity index (χ3n) is 7.42. The molecule has 0 radical (unpaired) electrons. The van der Waals surface area contributed by atoms with Gasteiger partial charge in [0, 0.05) is 21.9 Å². The Labute approximate surface area is 202 Å². The maximum atomic E-state index is 6.61. The van der Waals surface area contributed by atoms with E-state index in [0.29, 0.717) is 0 Å². The van der Waals surface area contributed by atoms with Crippen LogP contribution in [0.25, 0.3) is 76.5 Å². The average Bonchev–Trinajstić information content (AvgIpc) is 3.32. The van der Waals surface area contributed by atoms with Gasteiger partial charge in [-0.1, -0.05) is 109 Å². The van der Waals surface area contributed by atoms with E-state index < -0.39 is 0 Å². The first kappa shape index (κ1) is 18.8. The summed E-state index contributed by atoms with van der Waals surface area (Å²) in [5.74, 6) is 0. The molecule has 8 rings (SSSR count). The lowest BCUT2D eigenvalue weighted by Gasteiger charge is -2.18. The first-order valence-corrected chi connectivity index (χ1v) is 12.0. The Balaban J connectivity index is 1.59. The SMILES string of the molecule is c1ccc(-c2c3ccccc3c(-c3ccc4ccc5cccc6oc3c4c56)c3ccccc23)cc1. The molecular formula is C34H20O. The Kier molecular flexibility index (Phi) is 3.72. The van der Waals surface area contributed by atoms with E-state index in [9.17, 15) is 0 Å². The van der Waals surface area contributed by atoms with Gasteiger partial charge in [0.1, 0.15) is 11.2 Å². The standard InChI is InChI=1S/C34H20O/c1-2-9-21(10-3-1)30-24-12-4-6-14-26(24)33(27-15-7-5-13-25(27)30)28-20-19-23-18-17-22-11-8-16-29-31(22)32(23)34(28)35-29/h1-20H. The van der Waals surface area contributed by atoms with Crippen LogP contribution in [0.2, 0.25) is 0 Å². The summed E-state index contributed by atoms with van der Waals surface area (Å²) in [6.07, 6.45) is 0. The second kappa shape index (κ2) is 6.94. The highest BCUT2D eigenvalue weighted by Crippen LogP contribution is 2.47. The molecule has 8 aromatic rings. The zero-order valence-electron chi connectivity index (χ0n) is 19.0. The van der Waals surface area contributed by atoms with E-state index in [0.717, 1.165) is 16.7 Å². The van der Waals surface area contributed by atoms with Crippen molar-refractivity contribution in [3.8, 4) is 22.3 Å². The lowest BCUT2D eigenvalue weighted by Crippen LogP contribution is -1.91. The molecule has 0 atom stereocenters. The quantitative estimate of drug-likeness (QED) is 0.191. The maximum absolute atomic E-state index is 6.61. The predicted molar refractivity (Wildman–Crippen MR) is 148 cm³/mol. The number of rotatable bonds is 2. The summed E-state index contributed by atoms with van der Waals surface area (Å²) in [6.45, 7) is 0. The number of hydrogen-bond acceptors (Lipinski definition) is 1. The molecule has 1 nitrogen and oxygen atoms in total. The summed E-state index contributed by atoms with van der Waals surface area (Å²) < 4.78 is 6.61. The number of furan rings is 1. The Morgan fingerprint density at radius 2 is 0.971 bits per heavy atom. The molecule has 0 saturated heterocycles. The monoisotopic (exact) mass is 444 g/mol. The van der Waals surface area contributed by atoms with Gasteiger partial charge in [-0.05, 0) is 55.6 Å². The van der Waals surface area contributed by atoms with E-state index in [1.165, 1.54) is 59.8 Å². The Morgan fingerprint density at radius 1 is 0.400 bits per heavy atom. The van der Waals surface area contributed by atoms with Gasteiger partial charge < -0.3 is 4.42 Å². The van der Waals surface area contributed by atoms with Crippen LogP contribution < -0.4 is 0 Å². The molecule has 0 aliphatic rings. The molecule has 0 bridgehead atoms. The van der Waals surface area contributed by atoms with Crippen molar-refractivity contribution < 1.29 is 4.42 Å². The minimum absolute atomic E-state index is 0.949. The van der Waals surface area contributed by atoms with Crippen LogP contribution in [0.3, 0.4) is 0 Å². The first-order chi connectivity index (χ1) is 17.4. The summed E-state index contributed by atoms with van der Waals surface area (Å²) in [5.41, 5.74) is 6.82. The molecular weight excluding hydrogens is 424 g/mol. The van der Waals surface area contributed by atoms with Gasteiger partial charge in [-0.25, -0.2) is 0 Å². The summed E-state index contributed by atoms with van der Waals surface area (Å²) in [5, 5.41) is 9.88. The molecule has 0 unspecified atom stereocenters. The van der Waals surface area contributed by atoms with E-state index in [-0.39, 0.29) is 0 Å². The summed E-state index contributed by atoms with van der Waals surface area (Å²) in [4.78, 5) is 0. The number of hydrogen-bond donors (Lipinski definition) is 0. The van der Waals surface area contributed by atoms with Gasteiger partial charge in [-0.3, -0.25) is 0 Å². The molecule has 0 N–H and O–H groups in total. The molecule has 35 heavy (non-hydrogen) atoms. The highest BCUT2D eigenvalue weighted by atomic mass is 16.3. The third-order valence-corrected chi connectivity index (χ3v) is 7.42. The summed E-state index contributed by atoms with van der Waals surface area (Å²) in [6, 6.07) is 43.5. The van der Waals surface area contributed by atoms with E-state index in [2.05, 4.69) is 121 Å². The second-order valence-electron chi connectivity index (χ2n) is 9.27. The van der Waals surface area contributed by atoms with Crippen LogP contribution in [0.15, 0.2) is 126 Å². The smallest absolute Gasteiger partial charge is 0.143 e. The van der Waals surface area contributed by atoms with Gasteiger partial charge in [0.15, 0.2) is 0 Å². The van der Waals surface area contributed by atoms with E-state index >= 15 is 0 Å². The average molecular weight is 445 g/mol. The van der Waals surface area contributed by atoms with Gasteiger partial charge in [0.2, 0.25) is 0 Å². The largest absolute Gasteiger partial charge is 0.455 e. The molecule has 162 valence electrons. The molecule has 1 heteroatoms. The van der Waals surface area contributed by atoms with E-state index in [1.807, 2.05) is 0 Å². The lowest BCUT2D eigenvalue weighted by molar-refractivity contribution is 0.670. The Morgan fingerprint density at radius 3 is 1.66 bits per heavy atom. The van der Waals surface area contributed by atoms with Crippen LogP contribution in [-0.4, -0.2) is 0 Å². The van der Waals surface area contributed by atoms with Crippen molar-refractivity contribution in [2.75, 3.05) is 0 Å². The van der Waals surface area contributed by atoms with Gasteiger partial charge in [0.05, 0.1) is 0 Å². The third kappa shape index (κ3) is 2.53. The van der Waals surface area contributed by atoms with Gasteiger partial charge in [-0.15, -0.1) is 0 Å². The molecule has 0 aliphatic carbocycles. The molecule has 1 heterocycles. The topological polar surface area (TPSA) is 13.1 Å². The normalized spacial score (nSPS) is 12.0. The van der Waals surface area contributed by atoms with Gasteiger partial charge >= 0.3 is 0 Å². The van der Waals surface area contributed by atoms with Crippen LogP contribution >= 0.6 is 0 Å². The molecule has 0 spiro atoms. The molecule has 0 saturated carbocycles. The molecule has 7 aromatic carbocycles. The fraction of sp³-hybridized carbons (Fsp3) is 0. The lowest BCUT2D eigenvalue weighted by atomic mass is 9.85. The number of benzene rings is 7. The molecule has 1 aromatic heterocycles. The summed E-state index contributed by atoms with van der Waals surface area (Å²) in [7, 11) is 0. The minimum Gasteiger partial charge on any atom is -0.455 e. The van der Waals surface area contributed by atoms with E-state index in [4.69, 9.17) is 4.42 Å². The van der Waals surface area contributed by atoms with E-state index in [1.54, 1.807) is 0 Å². The predicted octanol–water partition coefficient (Wildman–Crippen LogP) is 9.82. The molecule has 0 aliphatic heterocycles. The van der Waals surface area contributed by atoms with Crippen LogP contribution in [0.5, 0.6) is 0 Å². The highest BCUT2D eigenvalue weighted by Gasteiger charge is 2.21. The molecule has 0 amide bonds. The van der Waals surface area contributed by atoms with Crippen LogP contribution in [0.4, 0.5) is 0 Å². The van der Waals surface area contributed by atoms with Crippen molar-refractivity contribution in [3.05, 3.63) is 121 Å². The summed E-state index contributed by atoms with van der Waals surface area (Å²) >= 11 is 0. The van der Waals surface area contributed by atoms with Crippen LogP contribution in [-0.2, 0) is 0 Å². The fourth-order valence-corrected chi connectivity index (χ4v) is 5.96. The van der Waals surface area contributed by atoms with Crippen molar-refractivity contribution in [2.24, 2.45) is 0 Å². The second-order valence-corrected chi connectivity index (χ2v) is 9.27. The molecule has 0 fully saturated rings. The minimum atomic E-state index is 0.949. The zero-order valence-corrected chi connectivity index (χ0v) is 19.0. The number of fused-ring (bicyclic) bond motifs is 2. The fourth-order valence-electron chi connectivity index (χ4n) is 5.96.